The molecule has 0 aromatic carbocycles. The highest BCUT2D eigenvalue weighted by atomic mass is 32.2. The fraction of sp³-hybridized carbons (Fsp3) is 0.900. The number of thioether (sulfide) groups is 1. The lowest BCUT2D eigenvalue weighted by Crippen LogP contribution is -2.43. The van der Waals surface area contributed by atoms with Gasteiger partial charge in [-0.05, 0) is 31.4 Å². The Bertz CT molecular complexity index is 249. The van der Waals surface area contributed by atoms with Crippen molar-refractivity contribution in [3.8, 4) is 0 Å². The molecule has 0 bridgehead atoms. The summed E-state index contributed by atoms with van der Waals surface area (Å²) in [5.74, 6) is -1.68. The van der Waals surface area contributed by atoms with E-state index >= 15 is 0 Å². The third-order valence-electron chi connectivity index (χ3n) is 2.42. The van der Waals surface area contributed by atoms with Crippen LogP contribution in [0, 0.1) is 5.92 Å². The zero-order chi connectivity index (χ0) is 14.0. The molecule has 8 heteroatoms. The summed E-state index contributed by atoms with van der Waals surface area (Å²) in [6.45, 7) is 0.140. The van der Waals surface area contributed by atoms with E-state index < -0.39 is 17.9 Å². The molecule has 0 heterocycles. The molecule has 0 aliphatic rings. The topological polar surface area (TPSA) is 70.6 Å². The molecule has 18 heavy (non-hydrogen) atoms. The minimum absolute atomic E-state index is 0.359. The molecule has 0 fully saturated rings. The van der Waals surface area contributed by atoms with Crippen molar-refractivity contribution in [1.29, 1.82) is 0 Å². The number of nitrogens with one attached hydrogen (secondary N) is 1. The van der Waals surface area contributed by atoms with Crippen molar-refractivity contribution in [2.24, 2.45) is 16.8 Å². The van der Waals surface area contributed by atoms with Gasteiger partial charge in [-0.25, -0.2) is 0 Å². The number of amidine groups is 1. The van der Waals surface area contributed by atoms with Crippen molar-refractivity contribution in [3.05, 3.63) is 0 Å². The molecule has 0 radical (unpaired) electrons. The Morgan fingerprint density at radius 3 is 2.56 bits per heavy atom. The summed E-state index contributed by atoms with van der Waals surface area (Å²) in [4.78, 5) is 0. The number of hydrogen-bond donors (Lipinski definition) is 3. The Balaban J connectivity index is 3.86. The fourth-order valence-corrected chi connectivity index (χ4v) is 1.87. The maximum absolute atomic E-state index is 12.5. The lowest BCUT2D eigenvalue weighted by atomic mass is 10.1. The van der Waals surface area contributed by atoms with Gasteiger partial charge in [0.25, 0.3) is 0 Å². The molecule has 4 N–H and O–H groups in total. The molecular formula is C10H20F3N3OS. The zero-order valence-corrected chi connectivity index (χ0v) is 11.2. The van der Waals surface area contributed by atoms with E-state index in [-0.39, 0.29) is 6.54 Å². The summed E-state index contributed by atoms with van der Waals surface area (Å²) in [7, 11) is 0. The van der Waals surface area contributed by atoms with E-state index in [1.807, 2.05) is 6.26 Å². The number of oxime groups is 1. The van der Waals surface area contributed by atoms with Crippen molar-refractivity contribution in [2.75, 3.05) is 25.1 Å². The van der Waals surface area contributed by atoms with Crippen LogP contribution in [-0.4, -0.2) is 42.3 Å². The van der Waals surface area contributed by atoms with Gasteiger partial charge in [-0.1, -0.05) is 11.6 Å². The largest absolute Gasteiger partial charge is 0.409 e. The Kier molecular flexibility index (Phi) is 8.99. The lowest BCUT2D eigenvalue weighted by molar-refractivity contribution is -0.154. The highest BCUT2D eigenvalue weighted by molar-refractivity contribution is 7.98. The number of rotatable bonds is 9. The third-order valence-corrected chi connectivity index (χ3v) is 3.12. The van der Waals surface area contributed by atoms with Gasteiger partial charge < -0.3 is 16.3 Å². The first kappa shape index (κ1) is 17.4. The molecule has 108 valence electrons. The van der Waals surface area contributed by atoms with Gasteiger partial charge in [-0.15, -0.1) is 0 Å². The van der Waals surface area contributed by atoms with Gasteiger partial charge in [0.15, 0.2) is 5.84 Å². The minimum atomic E-state index is -4.50. The van der Waals surface area contributed by atoms with Crippen molar-refractivity contribution < 1.29 is 18.4 Å². The number of alkyl halides is 3. The van der Waals surface area contributed by atoms with Crippen LogP contribution in [-0.2, 0) is 0 Å². The normalized spacial score (nSPS) is 14.8. The van der Waals surface area contributed by atoms with E-state index in [1.165, 1.54) is 0 Å². The minimum Gasteiger partial charge on any atom is -0.409 e. The first-order chi connectivity index (χ1) is 8.43. The molecule has 0 amide bonds. The quantitative estimate of drug-likeness (QED) is 0.199. The van der Waals surface area contributed by atoms with E-state index in [0.717, 1.165) is 25.0 Å². The molecule has 0 saturated heterocycles. The molecule has 0 aliphatic carbocycles. The van der Waals surface area contributed by atoms with E-state index in [0.29, 0.717) is 6.54 Å². The van der Waals surface area contributed by atoms with Crippen LogP contribution in [0.2, 0.25) is 0 Å². The average Bonchev–Trinajstić information content (AvgIpc) is 2.30. The molecule has 4 nitrogen and oxygen atoms in total. The highest BCUT2D eigenvalue weighted by Crippen LogP contribution is 2.25. The van der Waals surface area contributed by atoms with Crippen LogP contribution < -0.4 is 11.1 Å². The summed E-state index contributed by atoms with van der Waals surface area (Å²) >= 11 is 1.75. The van der Waals surface area contributed by atoms with E-state index in [4.69, 9.17) is 10.9 Å². The van der Waals surface area contributed by atoms with Crippen molar-refractivity contribution in [3.63, 3.8) is 0 Å². The molecule has 0 aromatic rings. The average molecular weight is 287 g/mol. The maximum Gasteiger partial charge on any atom is 0.400 e. The van der Waals surface area contributed by atoms with Crippen LogP contribution in [0.1, 0.15) is 19.3 Å². The summed E-state index contributed by atoms with van der Waals surface area (Å²) in [5.41, 5.74) is 5.02. The van der Waals surface area contributed by atoms with Gasteiger partial charge >= 0.3 is 6.18 Å². The first-order valence-electron chi connectivity index (χ1n) is 5.67. The van der Waals surface area contributed by atoms with Crippen LogP contribution in [0.3, 0.4) is 0 Å². The van der Waals surface area contributed by atoms with Gasteiger partial charge in [0.05, 0.1) is 0 Å². The van der Waals surface area contributed by atoms with Crippen LogP contribution in [0.5, 0.6) is 0 Å². The van der Waals surface area contributed by atoms with Gasteiger partial charge in [0.2, 0.25) is 0 Å². The highest BCUT2D eigenvalue weighted by Gasteiger charge is 2.42. The second-order valence-electron chi connectivity index (χ2n) is 3.88. The van der Waals surface area contributed by atoms with E-state index in [2.05, 4.69) is 10.5 Å². The molecular weight excluding hydrogens is 267 g/mol. The van der Waals surface area contributed by atoms with Crippen LogP contribution in [0.15, 0.2) is 5.16 Å². The van der Waals surface area contributed by atoms with Crippen molar-refractivity contribution >= 4 is 17.6 Å². The second kappa shape index (κ2) is 9.32. The molecule has 0 aliphatic heterocycles. The molecule has 1 atom stereocenters. The molecule has 0 saturated carbocycles. The maximum atomic E-state index is 12.5. The Morgan fingerprint density at radius 2 is 2.06 bits per heavy atom. The van der Waals surface area contributed by atoms with Crippen LogP contribution >= 0.6 is 11.8 Å². The number of hydrogen-bond acceptors (Lipinski definition) is 4. The first-order valence-corrected chi connectivity index (χ1v) is 7.06. The summed E-state index contributed by atoms with van der Waals surface area (Å²) < 4.78 is 37.6. The zero-order valence-electron chi connectivity index (χ0n) is 10.3. The molecule has 0 spiro atoms. The van der Waals surface area contributed by atoms with Crippen molar-refractivity contribution in [1.82, 2.24) is 5.32 Å². The van der Waals surface area contributed by atoms with E-state index in [1.54, 1.807) is 11.8 Å². The predicted molar refractivity (Wildman–Crippen MR) is 68.1 cm³/mol. The third kappa shape index (κ3) is 7.65. The number of unbranched alkanes of at least 4 members (excludes halogenated alkanes) is 2. The Labute approximate surface area is 109 Å². The summed E-state index contributed by atoms with van der Waals surface area (Å²) in [6.07, 6.45) is 0.381. The predicted octanol–water partition coefficient (Wildman–Crippen LogP) is 2.03. The van der Waals surface area contributed by atoms with Gasteiger partial charge in [0.1, 0.15) is 5.92 Å². The summed E-state index contributed by atoms with van der Waals surface area (Å²) in [5, 5.41) is 13.4. The number of nitrogens with zero attached hydrogens (tertiary/aromatic N) is 1. The number of halogens is 3. The SMILES string of the molecule is CSCCCCCNCC(C(N)=NO)C(F)(F)F. The molecule has 0 rings (SSSR count). The second-order valence-corrected chi connectivity index (χ2v) is 4.86. The number of nitrogens with two attached hydrogens (primary N) is 1. The van der Waals surface area contributed by atoms with Crippen LogP contribution in [0.25, 0.3) is 0 Å². The summed E-state index contributed by atoms with van der Waals surface area (Å²) in [6, 6.07) is 0. The van der Waals surface area contributed by atoms with Crippen LogP contribution in [0.4, 0.5) is 13.2 Å². The Hall–Kier alpha value is -0.630. The monoisotopic (exact) mass is 287 g/mol. The van der Waals surface area contributed by atoms with Crippen molar-refractivity contribution in [2.45, 2.75) is 25.4 Å². The van der Waals surface area contributed by atoms with Gasteiger partial charge in [-0.2, -0.15) is 24.9 Å². The molecule has 0 aromatic heterocycles. The standard InChI is InChI=1S/C10H20F3N3OS/c1-18-6-4-2-3-5-15-7-8(9(14)16-17)10(11,12)13/h8,15,17H,2-7H2,1H3,(H2,14,16). The Morgan fingerprint density at radius 1 is 1.39 bits per heavy atom. The fourth-order valence-electron chi connectivity index (χ4n) is 1.38. The van der Waals surface area contributed by atoms with E-state index in [9.17, 15) is 13.2 Å². The molecule has 1 unspecified atom stereocenters. The van der Waals surface area contributed by atoms with Gasteiger partial charge in [-0.3, -0.25) is 0 Å². The lowest BCUT2D eigenvalue weighted by Gasteiger charge is -2.19. The smallest absolute Gasteiger partial charge is 0.400 e. The van der Waals surface area contributed by atoms with Gasteiger partial charge in [0, 0.05) is 6.54 Å².